The predicted octanol–water partition coefficient (Wildman–Crippen LogP) is 8.42. The van der Waals surface area contributed by atoms with E-state index < -0.39 is 5.41 Å². The average Bonchev–Trinajstić information content (AvgIpc) is 3.11. The molecule has 2 heterocycles. The summed E-state index contributed by atoms with van der Waals surface area (Å²) in [4.78, 5) is 19.9. The molecule has 0 fully saturated rings. The van der Waals surface area contributed by atoms with Gasteiger partial charge in [-0.05, 0) is 42.0 Å². The second-order valence-corrected chi connectivity index (χ2v) is 10.4. The first-order chi connectivity index (χ1) is 15.5. The van der Waals surface area contributed by atoms with E-state index in [1.54, 1.807) is 12.1 Å². The van der Waals surface area contributed by atoms with Crippen LogP contribution in [0.2, 0.25) is 15.1 Å². The lowest BCUT2D eigenvalue weighted by molar-refractivity contribution is 0.0831. The van der Waals surface area contributed by atoms with Gasteiger partial charge in [0.15, 0.2) is 5.76 Å². The van der Waals surface area contributed by atoms with Gasteiger partial charge in [0.25, 0.3) is 0 Å². The number of ketones is 1. The normalized spacial score (nSPS) is 11.8. The van der Waals surface area contributed by atoms with Crippen LogP contribution < -0.4 is 4.90 Å². The maximum Gasteiger partial charge on any atom is 0.229 e. The van der Waals surface area contributed by atoms with Crippen LogP contribution in [-0.2, 0) is 0 Å². The van der Waals surface area contributed by atoms with Crippen LogP contribution in [0.1, 0.15) is 31.3 Å². The van der Waals surface area contributed by atoms with Gasteiger partial charge in [-0.15, -0.1) is 0 Å². The van der Waals surface area contributed by atoms with Crippen molar-refractivity contribution >= 4 is 57.4 Å². The van der Waals surface area contributed by atoms with E-state index in [9.17, 15) is 4.79 Å². The highest BCUT2D eigenvalue weighted by Gasteiger charge is 2.32. The van der Waals surface area contributed by atoms with Crippen LogP contribution in [-0.4, -0.2) is 24.9 Å². The van der Waals surface area contributed by atoms with Gasteiger partial charge in [0.1, 0.15) is 0 Å². The van der Waals surface area contributed by atoms with Crippen LogP contribution in [0.15, 0.2) is 52.9 Å². The molecule has 0 bridgehead atoms. The molecule has 2 aromatic heterocycles. The molecule has 33 heavy (non-hydrogen) atoms. The van der Waals surface area contributed by atoms with Crippen molar-refractivity contribution in [1.29, 1.82) is 0 Å². The van der Waals surface area contributed by atoms with Crippen molar-refractivity contribution in [3.63, 3.8) is 0 Å². The summed E-state index contributed by atoms with van der Waals surface area (Å²) in [5.41, 5.74) is 3.53. The Kier molecular flexibility index (Phi) is 6.21. The number of furan rings is 1. The number of Topliss-reactive ketones (excluding diaryl/α,β-unsaturated/α-hetero) is 1. The molecule has 0 aliphatic heterocycles. The number of hydrogen-bond acceptors (Lipinski definition) is 4. The standard InChI is InChI=1S/C26H23Cl3N2O2/c1-26(2,3)24(32)23-22(31(4)5)19-13-18(14-6-8-15(27)9-7-14)21(30-25(19)33-23)17-11-10-16(28)12-20(17)29/h6-13H,1-5H3. The van der Waals surface area contributed by atoms with Crippen LogP contribution in [0.4, 0.5) is 5.69 Å². The summed E-state index contributed by atoms with van der Waals surface area (Å²) in [7, 11) is 3.77. The van der Waals surface area contributed by atoms with E-state index in [1.165, 1.54) is 0 Å². The summed E-state index contributed by atoms with van der Waals surface area (Å²) in [6.45, 7) is 5.61. The molecule has 0 radical (unpaired) electrons. The van der Waals surface area contributed by atoms with Gasteiger partial charge in [0.2, 0.25) is 11.5 Å². The third kappa shape index (κ3) is 4.48. The van der Waals surface area contributed by atoms with Gasteiger partial charge >= 0.3 is 0 Å². The van der Waals surface area contributed by atoms with Crippen molar-refractivity contribution in [2.24, 2.45) is 5.41 Å². The third-order valence-electron chi connectivity index (χ3n) is 5.33. The Morgan fingerprint density at radius 3 is 2.12 bits per heavy atom. The maximum atomic E-state index is 13.2. The Bertz CT molecular complexity index is 1370. The molecule has 0 atom stereocenters. The molecular weight excluding hydrogens is 479 g/mol. The minimum absolute atomic E-state index is 0.0941. The third-order valence-corrected chi connectivity index (χ3v) is 6.13. The first-order valence-electron chi connectivity index (χ1n) is 10.4. The quantitative estimate of drug-likeness (QED) is 0.263. The molecule has 4 rings (SSSR count). The molecule has 170 valence electrons. The van der Waals surface area contributed by atoms with Crippen molar-refractivity contribution < 1.29 is 9.21 Å². The van der Waals surface area contributed by atoms with Crippen molar-refractivity contribution in [2.75, 3.05) is 19.0 Å². The van der Waals surface area contributed by atoms with Gasteiger partial charge in [-0.25, -0.2) is 4.98 Å². The molecular formula is C26H23Cl3N2O2. The van der Waals surface area contributed by atoms with E-state index >= 15 is 0 Å². The number of carbonyl (C=O) groups is 1. The molecule has 0 N–H and O–H groups in total. The van der Waals surface area contributed by atoms with E-state index in [2.05, 4.69) is 0 Å². The zero-order valence-electron chi connectivity index (χ0n) is 19.0. The van der Waals surface area contributed by atoms with E-state index in [1.807, 2.05) is 76.2 Å². The first-order valence-corrected chi connectivity index (χ1v) is 11.5. The molecule has 0 unspecified atom stereocenters. The Hall–Kier alpha value is -2.53. The van der Waals surface area contributed by atoms with E-state index in [0.29, 0.717) is 37.7 Å². The summed E-state index contributed by atoms with van der Waals surface area (Å²) >= 11 is 18.8. The first kappa shape index (κ1) is 23.6. The molecule has 0 aliphatic rings. The fourth-order valence-electron chi connectivity index (χ4n) is 3.69. The highest BCUT2D eigenvalue weighted by atomic mass is 35.5. The molecule has 0 aliphatic carbocycles. The Morgan fingerprint density at radius 1 is 0.909 bits per heavy atom. The number of aromatic nitrogens is 1. The Labute approximate surface area is 208 Å². The second-order valence-electron chi connectivity index (χ2n) is 9.12. The van der Waals surface area contributed by atoms with Gasteiger partial charge in [-0.2, -0.15) is 0 Å². The fraction of sp³-hybridized carbons (Fsp3) is 0.231. The maximum absolute atomic E-state index is 13.2. The van der Waals surface area contributed by atoms with Crippen molar-refractivity contribution in [3.05, 3.63) is 69.4 Å². The van der Waals surface area contributed by atoms with Crippen LogP contribution >= 0.6 is 34.8 Å². The predicted molar refractivity (Wildman–Crippen MR) is 138 cm³/mol. The van der Waals surface area contributed by atoms with E-state index in [4.69, 9.17) is 44.2 Å². The molecule has 0 amide bonds. The van der Waals surface area contributed by atoms with Crippen LogP contribution in [0, 0.1) is 5.41 Å². The summed E-state index contributed by atoms with van der Waals surface area (Å²) < 4.78 is 6.09. The lowest BCUT2D eigenvalue weighted by atomic mass is 9.88. The highest BCUT2D eigenvalue weighted by Crippen LogP contribution is 2.42. The van der Waals surface area contributed by atoms with E-state index in [-0.39, 0.29) is 11.5 Å². The van der Waals surface area contributed by atoms with Gasteiger partial charge in [0, 0.05) is 40.7 Å². The zero-order valence-corrected chi connectivity index (χ0v) is 21.2. The van der Waals surface area contributed by atoms with Crippen LogP contribution in [0.25, 0.3) is 33.5 Å². The summed E-state index contributed by atoms with van der Waals surface area (Å²) in [5.74, 6) is 0.194. The summed E-state index contributed by atoms with van der Waals surface area (Å²) in [6.07, 6.45) is 0. The summed E-state index contributed by atoms with van der Waals surface area (Å²) in [6, 6.07) is 14.8. The number of nitrogens with zero attached hydrogens (tertiary/aromatic N) is 2. The number of benzene rings is 2. The smallest absolute Gasteiger partial charge is 0.229 e. The highest BCUT2D eigenvalue weighted by molar-refractivity contribution is 6.36. The number of carbonyl (C=O) groups excluding carboxylic acids is 1. The van der Waals surface area contributed by atoms with Crippen LogP contribution in [0.3, 0.4) is 0 Å². The molecule has 0 saturated heterocycles. The van der Waals surface area contributed by atoms with Crippen LogP contribution in [0.5, 0.6) is 0 Å². The van der Waals surface area contributed by atoms with Crippen molar-refractivity contribution in [2.45, 2.75) is 20.8 Å². The van der Waals surface area contributed by atoms with Gasteiger partial charge < -0.3 is 9.32 Å². The van der Waals surface area contributed by atoms with Gasteiger partial charge in [0.05, 0.1) is 21.8 Å². The topological polar surface area (TPSA) is 46.3 Å². The van der Waals surface area contributed by atoms with Crippen molar-refractivity contribution in [3.8, 4) is 22.4 Å². The monoisotopic (exact) mass is 500 g/mol. The molecule has 0 spiro atoms. The Morgan fingerprint density at radius 2 is 1.55 bits per heavy atom. The Balaban J connectivity index is 2.08. The van der Waals surface area contributed by atoms with E-state index in [0.717, 1.165) is 16.5 Å². The average molecular weight is 502 g/mol. The number of hydrogen-bond donors (Lipinski definition) is 0. The number of halogens is 3. The largest absolute Gasteiger partial charge is 0.432 e. The second kappa shape index (κ2) is 8.68. The minimum Gasteiger partial charge on any atom is -0.432 e. The van der Waals surface area contributed by atoms with Crippen molar-refractivity contribution in [1.82, 2.24) is 4.98 Å². The number of rotatable bonds is 4. The molecule has 7 heteroatoms. The number of pyridine rings is 1. The molecule has 0 saturated carbocycles. The van der Waals surface area contributed by atoms with Gasteiger partial charge in [-0.1, -0.05) is 67.7 Å². The lowest BCUT2D eigenvalue weighted by Crippen LogP contribution is -2.22. The van der Waals surface area contributed by atoms with Gasteiger partial charge in [-0.3, -0.25) is 4.79 Å². The molecule has 2 aromatic carbocycles. The summed E-state index contributed by atoms with van der Waals surface area (Å²) in [5, 5.41) is 2.37. The zero-order chi connectivity index (χ0) is 24.1. The minimum atomic E-state index is -0.611. The molecule has 4 aromatic rings. The molecule has 4 nitrogen and oxygen atoms in total. The SMILES string of the molecule is CN(C)c1c(C(=O)C(C)(C)C)oc2nc(-c3ccc(Cl)cc3Cl)c(-c3ccc(Cl)cc3)cc12. The lowest BCUT2D eigenvalue weighted by Gasteiger charge is -2.18. The number of fused-ring (bicyclic) bond motifs is 1. The fourth-order valence-corrected chi connectivity index (χ4v) is 4.31. The number of anilines is 1.